The number of benzene rings is 1. The first kappa shape index (κ1) is 14.9. The second-order valence-corrected chi connectivity index (χ2v) is 5.50. The van der Waals surface area contributed by atoms with E-state index in [4.69, 9.17) is 0 Å². The van der Waals surface area contributed by atoms with E-state index in [0.717, 1.165) is 24.0 Å². The Bertz CT molecular complexity index is 539. The molecular weight excluding hydrogens is 246 g/mol. The van der Waals surface area contributed by atoms with Crippen LogP contribution in [0.15, 0.2) is 30.6 Å². The second kappa shape index (κ2) is 7.34. The predicted octanol–water partition coefficient (Wildman–Crippen LogP) is 4.11. The molecule has 0 bridgehead atoms. The standard InChI is InChI=1S/C17H25N3/c1-4-6-13(3)17(20-9-5-2)14-7-8-15-16(12-14)19-11-10-18-15/h7-8,10-13,17,20H,4-6,9H2,1-3H3. The Morgan fingerprint density at radius 3 is 2.50 bits per heavy atom. The van der Waals surface area contributed by atoms with E-state index in [1.165, 1.54) is 18.4 Å². The summed E-state index contributed by atoms with van der Waals surface area (Å²) in [4.78, 5) is 8.76. The lowest BCUT2D eigenvalue weighted by Gasteiger charge is -2.25. The molecule has 0 spiro atoms. The van der Waals surface area contributed by atoms with Crippen molar-refractivity contribution in [3.05, 3.63) is 36.2 Å². The summed E-state index contributed by atoms with van der Waals surface area (Å²) < 4.78 is 0. The highest BCUT2D eigenvalue weighted by Gasteiger charge is 2.18. The summed E-state index contributed by atoms with van der Waals surface area (Å²) >= 11 is 0. The van der Waals surface area contributed by atoms with Crippen LogP contribution in [0.25, 0.3) is 11.0 Å². The number of hydrogen-bond donors (Lipinski definition) is 1. The maximum atomic E-state index is 4.42. The third-order valence-corrected chi connectivity index (χ3v) is 3.78. The van der Waals surface area contributed by atoms with Gasteiger partial charge in [-0.25, -0.2) is 0 Å². The zero-order chi connectivity index (χ0) is 14.4. The lowest BCUT2D eigenvalue weighted by Crippen LogP contribution is -2.27. The number of rotatable bonds is 7. The monoisotopic (exact) mass is 271 g/mol. The maximum absolute atomic E-state index is 4.42. The van der Waals surface area contributed by atoms with Crippen LogP contribution in [-0.4, -0.2) is 16.5 Å². The molecule has 2 rings (SSSR count). The van der Waals surface area contributed by atoms with Crippen molar-refractivity contribution >= 4 is 11.0 Å². The molecule has 0 radical (unpaired) electrons. The molecule has 0 aliphatic carbocycles. The van der Waals surface area contributed by atoms with Crippen LogP contribution in [-0.2, 0) is 0 Å². The van der Waals surface area contributed by atoms with Gasteiger partial charge in [0.25, 0.3) is 0 Å². The number of aromatic nitrogens is 2. The molecule has 0 saturated heterocycles. The first-order chi connectivity index (χ1) is 9.76. The minimum absolute atomic E-state index is 0.404. The SMILES string of the molecule is CCCNC(c1ccc2nccnc2c1)C(C)CCC. The van der Waals surface area contributed by atoms with Crippen molar-refractivity contribution in [3.8, 4) is 0 Å². The highest BCUT2D eigenvalue weighted by molar-refractivity contribution is 5.74. The molecule has 2 unspecified atom stereocenters. The van der Waals surface area contributed by atoms with E-state index in [2.05, 4.69) is 54.3 Å². The Morgan fingerprint density at radius 1 is 1.05 bits per heavy atom. The molecule has 1 aromatic heterocycles. The van der Waals surface area contributed by atoms with Crippen LogP contribution in [0.2, 0.25) is 0 Å². The van der Waals surface area contributed by atoms with E-state index in [1.54, 1.807) is 12.4 Å². The van der Waals surface area contributed by atoms with Crippen molar-refractivity contribution in [1.82, 2.24) is 15.3 Å². The van der Waals surface area contributed by atoms with Crippen LogP contribution in [0.1, 0.15) is 51.6 Å². The fraction of sp³-hybridized carbons (Fsp3) is 0.529. The van der Waals surface area contributed by atoms with Gasteiger partial charge < -0.3 is 5.32 Å². The molecule has 108 valence electrons. The van der Waals surface area contributed by atoms with E-state index < -0.39 is 0 Å². The Kier molecular flexibility index (Phi) is 5.48. The summed E-state index contributed by atoms with van der Waals surface area (Å²) in [6.45, 7) is 7.84. The first-order valence-corrected chi connectivity index (χ1v) is 7.70. The minimum Gasteiger partial charge on any atom is -0.310 e. The molecule has 1 N–H and O–H groups in total. The maximum Gasteiger partial charge on any atom is 0.0890 e. The lowest BCUT2D eigenvalue weighted by atomic mass is 9.90. The van der Waals surface area contributed by atoms with Gasteiger partial charge in [-0.15, -0.1) is 0 Å². The molecule has 0 amide bonds. The summed E-state index contributed by atoms with van der Waals surface area (Å²) in [5.41, 5.74) is 3.28. The van der Waals surface area contributed by atoms with Crippen molar-refractivity contribution in [2.24, 2.45) is 5.92 Å². The number of nitrogens with zero attached hydrogens (tertiary/aromatic N) is 2. The van der Waals surface area contributed by atoms with Crippen LogP contribution in [0.4, 0.5) is 0 Å². The molecule has 0 saturated carbocycles. The third-order valence-electron chi connectivity index (χ3n) is 3.78. The largest absolute Gasteiger partial charge is 0.310 e. The smallest absolute Gasteiger partial charge is 0.0890 e. The Hall–Kier alpha value is -1.48. The van der Waals surface area contributed by atoms with Gasteiger partial charge in [0.2, 0.25) is 0 Å². The molecule has 2 atom stereocenters. The number of fused-ring (bicyclic) bond motifs is 1. The predicted molar refractivity (Wildman–Crippen MR) is 84.6 cm³/mol. The summed E-state index contributed by atoms with van der Waals surface area (Å²) in [7, 11) is 0. The van der Waals surface area contributed by atoms with Crippen molar-refractivity contribution in [2.45, 2.75) is 46.1 Å². The average Bonchev–Trinajstić information content (AvgIpc) is 2.48. The number of hydrogen-bond acceptors (Lipinski definition) is 3. The fourth-order valence-corrected chi connectivity index (χ4v) is 2.74. The molecule has 1 heterocycles. The summed E-state index contributed by atoms with van der Waals surface area (Å²) in [6, 6.07) is 6.86. The van der Waals surface area contributed by atoms with E-state index in [-0.39, 0.29) is 0 Å². The summed E-state index contributed by atoms with van der Waals surface area (Å²) in [6.07, 6.45) is 7.12. The van der Waals surface area contributed by atoms with Crippen molar-refractivity contribution in [2.75, 3.05) is 6.54 Å². The van der Waals surface area contributed by atoms with E-state index in [9.17, 15) is 0 Å². The normalized spacial score (nSPS) is 14.3. The Morgan fingerprint density at radius 2 is 1.80 bits per heavy atom. The zero-order valence-electron chi connectivity index (χ0n) is 12.8. The summed E-state index contributed by atoms with van der Waals surface area (Å²) in [5.74, 6) is 0.626. The zero-order valence-corrected chi connectivity index (χ0v) is 12.8. The van der Waals surface area contributed by atoms with Gasteiger partial charge in [0, 0.05) is 18.4 Å². The van der Waals surface area contributed by atoms with Gasteiger partial charge in [0.05, 0.1) is 11.0 Å². The molecule has 3 nitrogen and oxygen atoms in total. The van der Waals surface area contributed by atoms with Crippen molar-refractivity contribution < 1.29 is 0 Å². The van der Waals surface area contributed by atoms with Gasteiger partial charge in [-0.05, 0) is 43.0 Å². The molecule has 2 aromatic rings. The van der Waals surface area contributed by atoms with Crippen LogP contribution in [0, 0.1) is 5.92 Å². The summed E-state index contributed by atoms with van der Waals surface area (Å²) in [5, 5.41) is 3.69. The highest BCUT2D eigenvalue weighted by atomic mass is 14.9. The molecule has 0 fully saturated rings. The van der Waals surface area contributed by atoms with E-state index in [0.29, 0.717) is 12.0 Å². The van der Waals surface area contributed by atoms with Crippen LogP contribution in [0.3, 0.4) is 0 Å². The van der Waals surface area contributed by atoms with E-state index >= 15 is 0 Å². The van der Waals surface area contributed by atoms with Gasteiger partial charge in [-0.3, -0.25) is 9.97 Å². The quantitative estimate of drug-likeness (QED) is 0.823. The van der Waals surface area contributed by atoms with Crippen LogP contribution < -0.4 is 5.32 Å². The van der Waals surface area contributed by atoms with E-state index in [1.807, 2.05) is 0 Å². The van der Waals surface area contributed by atoms with Crippen molar-refractivity contribution in [3.63, 3.8) is 0 Å². The van der Waals surface area contributed by atoms with Crippen LogP contribution in [0.5, 0.6) is 0 Å². The van der Waals surface area contributed by atoms with Gasteiger partial charge in [-0.2, -0.15) is 0 Å². The molecular formula is C17H25N3. The second-order valence-electron chi connectivity index (χ2n) is 5.50. The van der Waals surface area contributed by atoms with Gasteiger partial charge >= 0.3 is 0 Å². The van der Waals surface area contributed by atoms with Crippen molar-refractivity contribution in [1.29, 1.82) is 0 Å². The van der Waals surface area contributed by atoms with Gasteiger partial charge in [-0.1, -0.05) is 33.3 Å². The Balaban J connectivity index is 2.29. The highest BCUT2D eigenvalue weighted by Crippen LogP contribution is 2.27. The first-order valence-electron chi connectivity index (χ1n) is 7.70. The molecule has 0 aliphatic heterocycles. The lowest BCUT2D eigenvalue weighted by molar-refractivity contribution is 0.363. The van der Waals surface area contributed by atoms with Gasteiger partial charge in [0.1, 0.15) is 0 Å². The molecule has 1 aromatic carbocycles. The fourth-order valence-electron chi connectivity index (χ4n) is 2.74. The molecule has 3 heteroatoms. The Labute approximate surface area is 121 Å². The topological polar surface area (TPSA) is 37.8 Å². The third kappa shape index (κ3) is 3.54. The molecule has 0 aliphatic rings. The average molecular weight is 271 g/mol. The minimum atomic E-state index is 0.404. The number of nitrogens with one attached hydrogen (secondary N) is 1. The molecule has 20 heavy (non-hydrogen) atoms. The van der Waals surface area contributed by atoms with Gasteiger partial charge in [0.15, 0.2) is 0 Å². The van der Waals surface area contributed by atoms with Crippen LogP contribution >= 0.6 is 0 Å².